The second-order valence-corrected chi connectivity index (χ2v) is 7.00. The number of hydrogen-bond donors (Lipinski definition) is 0. The Morgan fingerprint density at radius 1 is 1.14 bits per heavy atom. The largest absolute Gasteiger partial charge is 0.463 e. The predicted molar refractivity (Wildman–Crippen MR) is 109 cm³/mol. The average Bonchev–Trinajstić information content (AvgIpc) is 2.96. The van der Waals surface area contributed by atoms with Gasteiger partial charge in [0, 0.05) is 30.6 Å². The van der Waals surface area contributed by atoms with Crippen molar-refractivity contribution in [1.82, 2.24) is 0 Å². The first-order valence-corrected chi connectivity index (χ1v) is 9.32. The van der Waals surface area contributed by atoms with Gasteiger partial charge in [-0.25, -0.2) is 4.79 Å². The first-order chi connectivity index (χ1) is 13.8. The minimum Gasteiger partial charge on any atom is -0.463 e. The first-order valence-electron chi connectivity index (χ1n) is 8.94. The summed E-state index contributed by atoms with van der Waals surface area (Å²) in [5.41, 5.74) is 2.21. The molecule has 2 aromatic carbocycles. The van der Waals surface area contributed by atoms with Gasteiger partial charge in [-0.15, -0.1) is 0 Å². The topological polar surface area (TPSA) is 72.9 Å². The maximum atomic E-state index is 13.2. The van der Waals surface area contributed by atoms with Gasteiger partial charge >= 0.3 is 11.9 Å². The highest BCUT2D eigenvalue weighted by Crippen LogP contribution is 2.46. The summed E-state index contributed by atoms with van der Waals surface area (Å²) < 4.78 is 9.83. The molecule has 1 aliphatic rings. The van der Waals surface area contributed by atoms with Crippen LogP contribution in [0.1, 0.15) is 29.9 Å². The van der Waals surface area contributed by atoms with Crippen LogP contribution in [0.5, 0.6) is 0 Å². The van der Waals surface area contributed by atoms with Crippen molar-refractivity contribution in [3.63, 3.8) is 0 Å². The van der Waals surface area contributed by atoms with E-state index in [1.54, 1.807) is 36.2 Å². The summed E-state index contributed by atoms with van der Waals surface area (Å²) in [5.74, 6) is -3.23. The van der Waals surface area contributed by atoms with Gasteiger partial charge in [-0.1, -0.05) is 48.0 Å². The molecule has 0 saturated heterocycles. The molecule has 0 aliphatic carbocycles. The Morgan fingerprint density at radius 3 is 2.45 bits per heavy atom. The number of hydrogen-bond acceptors (Lipinski definition) is 5. The second-order valence-electron chi connectivity index (χ2n) is 6.60. The molecule has 0 fully saturated rings. The predicted octanol–water partition coefficient (Wildman–Crippen LogP) is 3.80. The minimum absolute atomic E-state index is 0.153. The highest BCUT2D eigenvalue weighted by molar-refractivity contribution is 6.31. The zero-order valence-electron chi connectivity index (χ0n) is 16.2. The highest BCUT2D eigenvalue weighted by Gasteiger charge is 2.41. The molecule has 0 saturated carbocycles. The molecule has 6 nitrogen and oxygen atoms in total. The Morgan fingerprint density at radius 2 is 1.79 bits per heavy atom. The molecular formula is C22H20ClNO5. The number of carbonyl (C=O) groups excluding carboxylic acids is 3. The van der Waals surface area contributed by atoms with E-state index >= 15 is 0 Å². The molecule has 3 rings (SSSR count). The number of para-hydroxylation sites is 1. The van der Waals surface area contributed by atoms with Gasteiger partial charge in [0.1, 0.15) is 0 Å². The summed E-state index contributed by atoms with van der Waals surface area (Å²) in [6.07, 6.45) is 1.44. The van der Waals surface area contributed by atoms with Crippen LogP contribution in [0.25, 0.3) is 0 Å². The van der Waals surface area contributed by atoms with Gasteiger partial charge < -0.3 is 14.4 Å². The Bertz CT molecular complexity index is 1000. The standard InChI is InChI=1S/C22H20ClNO5/c1-13(25)29-19(22(27)28-3)12-16(14-8-4-6-10-17(14)23)20-15-9-5-7-11-18(15)24(2)21(20)26/h4-12,16,20H,1-3H3/b19-12-/t16-,20+/m0/s1. The zero-order chi connectivity index (χ0) is 21.1. The van der Waals surface area contributed by atoms with Gasteiger partial charge in [0.2, 0.25) is 11.7 Å². The Labute approximate surface area is 173 Å². The molecule has 0 aromatic heterocycles. The lowest BCUT2D eigenvalue weighted by Crippen LogP contribution is -2.27. The van der Waals surface area contributed by atoms with E-state index < -0.39 is 23.8 Å². The quantitative estimate of drug-likeness (QED) is 0.423. The number of amides is 1. The van der Waals surface area contributed by atoms with Crippen LogP contribution in [-0.2, 0) is 23.9 Å². The Hall–Kier alpha value is -3.12. The summed E-state index contributed by atoms with van der Waals surface area (Å²) in [5, 5.41) is 0.431. The molecular weight excluding hydrogens is 394 g/mol. The summed E-state index contributed by atoms with van der Waals surface area (Å²) in [6, 6.07) is 14.5. The van der Waals surface area contributed by atoms with E-state index in [9.17, 15) is 14.4 Å². The second kappa shape index (κ2) is 8.49. The van der Waals surface area contributed by atoms with E-state index in [0.717, 1.165) is 11.3 Å². The van der Waals surface area contributed by atoms with Crippen molar-refractivity contribution in [2.24, 2.45) is 0 Å². The molecule has 0 radical (unpaired) electrons. The zero-order valence-corrected chi connectivity index (χ0v) is 17.0. The fraction of sp³-hybridized carbons (Fsp3) is 0.227. The van der Waals surface area contributed by atoms with Gasteiger partial charge in [-0.3, -0.25) is 9.59 Å². The number of methoxy groups -OCH3 is 1. The van der Waals surface area contributed by atoms with Crippen molar-refractivity contribution in [3.05, 3.63) is 76.5 Å². The van der Waals surface area contributed by atoms with E-state index in [-0.39, 0.29) is 11.7 Å². The minimum atomic E-state index is -0.815. The van der Waals surface area contributed by atoms with E-state index in [0.29, 0.717) is 10.6 Å². The molecule has 0 spiro atoms. The van der Waals surface area contributed by atoms with Crippen LogP contribution in [0.15, 0.2) is 60.4 Å². The number of fused-ring (bicyclic) bond motifs is 1. The van der Waals surface area contributed by atoms with Gasteiger partial charge in [0.05, 0.1) is 13.0 Å². The van der Waals surface area contributed by atoms with Crippen LogP contribution >= 0.6 is 11.6 Å². The van der Waals surface area contributed by atoms with Crippen LogP contribution in [0.2, 0.25) is 5.02 Å². The molecule has 150 valence electrons. The fourth-order valence-electron chi connectivity index (χ4n) is 3.54. The molecule has 0 unspecified atom stereocenters. The number of allylic oxidation sites excluding steroid dienone is 1. The molecule has 1 heterocycles. The Kier molecular flexibility index (Phi) is 6.03. The number of halogens is 1. The van der Waals surface area contributed by atoms with Gasteiger partial charge in [0.25, 0.3) is 0 Å². The average molecular weight is 414 g/mol. The van der Waals surface area contributed by atoms with Crippen molar-refractivity contribution < 1.29 is 23.9 Å². The molecule has 2 aromatic rings. The lowest BCUT2D eigenvalue weighted by Gasteiger charge is -2.22. The molecule has 1 aliphatic heterocycles. The number of ether oxygens (including phenoxy) is 2. The van der Waals surface area contributed by atoms with E-state index in [2.05, 4.69) is 0 Å². The number of rotatable bonds is 5. The van der Waals surface area contributed by atoms with E-state index in [4.69, 9.17) is 21.1 Å². The molecule has 2 atom stereocenters. The molecule has 0 N–H and O–H groups in total. The SMILES string of the molecule is COC(=O)/C(=C/[C@@H](c1ccccc1Cl)[C@@H]1C(=O)N(C)c2ccccc21)OC(C)=O. The normalized spacial score (nSPS) is 17.0. The van der Waals surface area contributed by atoms with E-state index in [1.165, 1.54) is 20.1 Å². The molecule has 29 heavy (non-hydrogen) atoms. The summed E-state index contributed by atoms with van der Waals surface area (Å²) in [4.78, 5) is 38.5. The van der Waals surface area contributed by atoms with Crippen LogP contribution in [0.3, 0.4) is 0 Å². The highest BCUT2D eigenvalue weighted by atomic mass is 35.5. The number of likely N-dealkylation sites (N-methyl/N-ethyl adjacent to an activating group) is 1. The number of nitrogens with zero attached hydrogens (tertiary/aromatic N) is 1. The molecule has 1 amide bonds. The summed E-state index contributed by atoms with van der Waals surface area (Å²) >= 11 is 6.43. The lowest BCUT2D eigenvalue weighted by atomic mass is 9.81. The number of esters is 2. The van der Waals surface area contributed by atoms with E-state index in [1.807, 2.05) is 24.3 Å². The number of carbonyl (C=O) groups is 3. The number of benzene rings is 2. The third-order valence-electron chi connectivity index (χ3n) is 4.82. The van der Waals surface area contributed by atoms with Gasteiger partial charge in [-0.2, -0.15) is 0 Å². The van der Waals surface area contributed by atoms with Crippen molar-refractivity contribution in [1.29, 1.82) is 0 Å². The summed E-state index contributed by atoms with van der Waals surface area (Å²) in [6.45, 7) is 1.19. The smallest absolute Gasteiger partial charge is 0.373 e. The van der Waals surface area contributed by atoms with Crippen LogP contribution < -0.4 is 4.90 Å². The lowest BCUT2D eigenvalue weighted by molar-refractivity contribution is -0.148. The van der Waals surface area contributed by atoms with Crippen molar-refractivity contribution in [3.8, 4) is 0 Å². The molecule has 7 heteroatoms. The van der Waals surface area contributed by atoms with Gasteiger partial charge in [0.15, 0.2) is 0 Å². The number of anilines is 1. The van der Waals surface area contributed by atoms with Crippen molar-refractivity contribution in [2.75, 3.05) is 19.1 Å². The van der Waals surface area contributed by atoms with Crippen LogP contribution in [0.4, 0.5) is 5.69 Å². The monoisotopic (exact) mass is 413 g/mol. The van der Waals surface area contributed by atoms with Crippen molar-refractivity contribution in [2.45, 2.75) is 18.8 Å². The van der Waals surface area contributed by atoms with Crippen LogP contribution in [0, 0.1) is 0 Å². The molecule has 0 bridgehead atoms. The maximum absolute atomic E-state index is 13.2. The Balaban J connectivity index is 2.21. The summed E-state index contributed by atoms with van der Waals surface area (Å²) in [7, 11) is 2.88. The van der Waals surface area contributed by atoms with Crippen molar-refractivity contribution >= 4 is 35.1 Å². The van der Waals surface area contributed by atoms with Crippen LogP contribution in [-0.4, -0.2) is 32.0 Å². The fourth-order valence-corrected chi connectivity index (χ4v) is 3.80. The third kappa shape index (κ3) is 4.03. The maximum Gasteiger partial charge on any atom is 0.373 e. The first kappa shape index (κ1) is 20.6. The third-order valence-corrected chi connectivity index (χ3v) is 5.17. The van der Waals surface area contributed by atoms with Gasteiger partial charge in [-0.05, 0) is 29.3 Å².